The quantitative estimate of drug-likeness (QED) is 0.243. The van der Waals surface area contributed by atoms with E-state index in [0.717, 1.165) is 5.56 Å². The maximum atomic E-state index is 13.6. The highest BCUT2D eigenvalue weighted by Crippen LogP contribution is 2.12. The number of benzene rings is 1. The van der Waals surface area contributed by atoms with E-state index in [1.54, 1.807) is 38.2 Å². The molecule has 15 nitrogen and oxygen atoms in total. The zero-order valence-corrected chi connectivity index (χ0v) is 28.5. The lowest BCUT2D eigenvalue weighted by Crippen LogP contribution is -2.59. The zero-order chi connectivity index (χ0) is 36.2. The van der Waals surface area contributed by atoms with E-state index in [9.17, 15) is 28.8 Å². The number of hydrogen-bond acceptors (Lipinski definition) is 9. The number of rotatable bonds is 6. The molecule has 15 heteroatoms. The summed E-state index contributed by atoms with van der Waals surface area (Å²) in [7, 11) is 1.46. The number of amides is 6. The molecule has 1 aliphatic rings. The van der Waals surface area contributed by atoms with Crippen LogP contribution in [0.25, 0.3) is 11.5 Å². The molecule has 0 radical (unpaired) electrons. The summed E-state index contributed by atoms with van der Waals surface area (Å²) in [6.45, 7) is 4.79. The van der Waals surface area contributed by atoms with Crippen molar-refractivity contribution in [2.24, 2.45) is 5.92 Å². The first-order chi connectivity index (χ1) is 23.9. The fraction of sp³-hybridized carbons (Fsp3) is 0.400. The largest absolute Gasteiger partial charge is 0.355 e. The Morgan fingerprint density at radius 1 is 0.900 bits per heavy atom. The molecule has 1 saturated heterocycles. The maximum Gasteiger partial charge on any atom is 0.255 e. The van der Waals surface area contributed by atoms with Crippen LogP contribution in [0.2, 0.25) is 0 Å². The average molecular weight is 686 g/mol. The highest BCUT2D eigenvalue weighted by atomic mass is 16.2. The minimum Gasteiger partial charge on any atom is -0.355 e. The van der Waals surface area contributed by atoms with Crippen molar-refractivity contribution < 1.29 is 28.8 Å². The summed E-state index contributed by atoms with van der Waals surface area (Å²) in [5.41, 5.74) is 1.42. The fourth-order valence-corrected chi connectivity index (χ4v) is 5.24. The minimum absolute atomic E-state index is 0.0986. The van der Waals surface area contributed by atoms with Crippen molar-refractivity contribution in [1.82, 2.24) is 46.4 Å². The number of aromatic nitrogens is 3. The van der Waals surface area contributed by atoms with Gasteiger partial charge in [-0.1, -0.05) is 50.2 Å². The summed E-state index contributed by atoms with van der Waals surface area (Å²) in [4.78, 5) is 93.7. The number of carbonyl (C=O) groups excluding carboxylic acids is 6. The molecule has 3 heterocycles. The SMILES string of the molecule is CC(C)[C@H]1NC(=O)[C@@H](NC(=O)c2cnc(-c3ccccn3)nc2)CCCNC(=O)CN(C)C(=O)[C@H](Cc2ccccc2)NC(=O)[C@@H](C)NC1=O. The molecule has 0 aliphatic carbocycles. The van der Waals surface area contributed by atoms with Crippen LogP contribution >= 0.6 is 0 Å². The van der Waals surface area contributed by atoms with Gasteiger partial charge in [-0.3, -0.25) is 33.8 Å². The molecule has 0 saturated carbocycles. The Labute approximate surface area is 290 Å². The molecule has 0 spiro atoms. The zero-order valence-electron chi connectivity index (χ0n) is 28.5. The Hall–Kier alpha value is -5.73. The Morgan fingerprint density at radius 2 is 1.60 bits per heavy atom. The van der Waals surface area contributed by atoms with E-state index in [1.165, 1.54) is 31.3 Å². The van der Waals surface area contributed by atoms with Crippen LogP contribution in [-0.4, -0.2) is 99.6 Å². The van der Waals surface area contributed by atoms with E-state index in [-0.39, 0.29) is 37.9 Å². The molecule has 0 unspecified atom stereocenters. The predicted octanol–water partition coefficient (Wildman–Crippen LogP) is 0.378. The van der Waals surface area contributed by atoms with Gasteiger partial charge in [0.2, 0.25) is 29.5 Å². The lowest BCUT2D eigenvalue weighted by atomic mass is 10.0. The molecule has 0 bridgehead atoms. The van der Waals surface area contributed by atoms with E-state index in [1.807, 2.05) is 30.3 Å². The summed E-state index contributed by atoms with van der Waals surface area (Å²) < 4.78 is 0. The molecule has 4 rings (SSSR count). The average Bonchev–Trinajstić information content (AvgIpc) is 3.11. The van der Waals surface area contributed by atoms with Crippen LogP contribution < -0.4 is 26.6 Å². The number of carbonyl (C=O) groups is 6. The Kier molecular flexibility index (Phi) is 13.1. The monoisotopic (exact) mass is 685 g/mol. The van der Waals surface area contributed by atoms with Gasteiger partial charge in [0.15, 0.2) is 5.82 Å². The smallest absolute Gasteiger partial charge is 0.255 e. The highest BCUT2D eigenvalue weighted by molar-refractivity contribution is 5.99. The molecule has 4 atom stereocenters. The summed E-state index contributed by atoms with van der Waals surface area (Å²) in [5.74, 6) is -3.49. The van der Waals surface area contributed by atoms with Gasteiger partial charge in [-0.2, -0.15) is 0 Å². The first kappa shape index (κ1) is 37.1. The van der Waals surface area contributed by atoms with E-state index >= 15 is 0 Å². The van der Waals surface area contributed by atoms with Gasteiger partial charge in [0.05, 0.1) is 12.1 Å². The van der Waals surface area contributed by atoms with Crippen molar-refractivity contribution in [3.63, 3.8) is 0 Å². The van der Waals surface area contributed by atoms with Crippen LogP contribution in [0.3, 0.4) is 0 Å². The van der Waals surface area contributed by atoms with E-state index in [0.29, 0.717) is 11.5 Å². The summed E-state index contributed by atoms with van der Waals surface area (Å²) >= 11 is 0. The molecule has 3 aromatic rings. The van der Waals surface area contributed by atoms with Crippen molar-refractivity contribution >= 4 is 35.4 Å². The van der Waals surface area contributed by atoms with Crippen LogP contribution in [0.4, 0.5) is 0 Å². The molecule has 1 fully saturated rings. The van der Waals surface area contributed by atoms with Crippen molar-refractivity contribution in [1.29, 1.82) is 0 Å². The second-order valence-electron chi connectivity index (χ2n) is 12.4. The first-order valence-corrected chi connectivity index (χ1v) is 16.4. The van der Waals surface area contributed by atoms with Crippen LogP contribution in [0, 0.1) is 5.92 Å². The van der Waals surface area contributed by atoms with Crippen molar-refractivity contribution in [3.05, 3.63) is 78.2 Å². The molecule has 2 aromatic heterocycles. The van der Waals surface area contributed by atoms with Gasteiger partial charge in [0.25, 0.3) is 5.91 Å². The van der Waals surface area contributed by atoms with Crippen LogP contribution in [0.1, 0.15) is 49.5 Å². The second kappa shape index (κ2) is 17.6. The molecule has 1 aromatic carbocycles. The van der Waals surface area contributed by atoms with Crippen molar-refractivity contribution in [2.75, 3.05) is 20.1 Å². The molecular weight excluding hydrogens is 642 g/mol. The van der Waals surface area contributed by atoms with Gasteiger partial charge >= 0.3 is 0 Å². The summed E-state index contributed by atoms with van der Waals surface area (Å²) in [6.07, 6.45) is 4.79. The molecular formula is C35H43N9O6. The number of hydrogen-bond donors (Lipinski definition) is 5. The lowest BCUT2D eigenvalue weighted by Gasteiger charge is -2.28. The Balaban J connectivity index is 1.53. The molecule has 5 N–H and O–H groups in total. The van der Waals surface area contributed by atoms with Crippen molar-refractivity contribution in [3.8, 4) is 11.5 Å². The van der Waals surface area contributed by atoms with Gasteiger partial charge in [-0.05, 0) is 43.4 Å². The van der Waals surface area contributed by atoms with Gasteiger partial charge in [0, 0.05) is 38.6 Å². The van der Waals surface area contributed by atoms with Gasteiger partial charge in [-0.15, -0.1) is 0 Å². The predicted molar refractivity (Wildman–Crippen MR) is 183 cm³/mol. The van der Waals surface area contributed by atoms with E-state index in [4.69, 9.17) is 0 Å². The minimum atomic E-state index is -1.11. The molecule has 50 heavy (non-hydrogen) atoms. The summed E-state index contributed by atoms with van der Waals surface area (Å²) in [5, 5.41) is 13.5. The molecule has 6 amide bonds. The van der Waals surface area contributed by atoms with Crippen LogP contribution in [0.15, 0.2) is 67.1 Å². The summed E-state index contributed by atoms with van der Waals surface area (Å²) in [6, 6.07) is 10.1. The van der Waals surface area contributed by atoms with E-state index in [2.05, 4.69) is 41.5 Å². The van der Waals surface area contributed by atoms with Gasteiger partial charge in [0.1, 0.15) is 29.9 Å². The Morgan fingerprint density at radius 3 is 2.26 bits per heavy atom. The second-order valence-corrected chi connectivity index (χ2v) is 12.4. The van der Waals surface area contributed by atoms with Crippen molar-refractivity contribution in [2.45, 2.75) is 64.2 Å². The first-order valence-electron chi connectivity index (χ1n) is 16.4. The number of nitrogens with one attached hydrogen (secondary N) is 5. The number of likely N-dealkylation sites (N-methyl/N-ethyl adjacent to an activating group) is 1. The van der Waals surface area contributed by atoms with Crippen LogP contribution in [-0.2, 0) is 30.4 Å². The number of nitrogens with zero attached hydrogens (tertiary/aromatic N) is 4. The third-order valence-corrected chi connectivity index (χ3v) is 8.07. The Bertz CT molecular complexity index is 1650. The topological polar surface area (TPSA) is 204 Å². The van der Waals surface area contributed by atoms with Gasteiger partial charge in [-0.25, -0.2) is 9.97 Å². The molecule has 264 valence electrons. The normalized spacial score (nSPS) is 21.6. The van der Waals surface area contributed by atoms with Gasteiger partial charge < -0.3 is 31.5 Å². The third kappa shape index (κ3) is 10.4. The third-order valence-electron chi connectivity index (χ3n) is 8.07. The maximum absolute atomic E-state index is 13.6. The fourth-order valence-electron chi connectivity index (χ4n) is 5.24. The standard InChI is InChI=1S/C35H43N9O6/c1-21(2)29-34(49)40-22(3)31(46)42-27(17-23-11-6-5-7-12-23)35(50)44(4)20-28(45)37-16-10-14-26(33(48)43-29)41-32(47)24-18-38-30(39-19-24)25-13-8-9-15-36-25/h5-9,11-13,15,18-19,21-22,26-27,29H,10,14,16-17,20H2,1-4H3,(H,37,45)(H,40,49)(H,41,47)(H,42,46)(H,43,48)/t22-,26+,27+,29-/m1/s1. The highest BCUT2D eigenvalue weighted by Gasteiger charge is 2.32. The molecule has 1 aliphatic heterocycles. The lowest BCUT2D eigenvalue weighted by molar-refractivity contribution is -0.139. The number of pyridine rings is 1. The van der Waals surface area contributed by atoms with E-state index < -0.39 is 65.5 Å². The van der Waals surface area contributed by atoms with Crippen LogP contribution in [0.5, 0.6) is 0 Å².